The van der Waals surface area contributed by atoms with Crippen LogP contribution in [0.3, 0.4) is 0 Å². The zero-order valence-electron chi connectivity index (χ0n) is 16.4. The Morgan fingerprint density at radius 2 is 1.90 bits per heavy atom. The fourth-order valence-electron chi connectivity index (χ4n) is 3.52. The molecule has 0 N–H and O–H groups in total. The Hall–Kier alpha value is -3.50. The molecule has 31 heavy (non-hydrogen) atoms. The van der Waals surface area contributed by atoms with E-state index in [0.717, 1.165) is 10.4 Å². The average Bonchev–Trinajstić information content (AvgIpc) is 3.12. The number of ketones is 1. The fraction of sp³-hybridized carbons (Fsp3) is 0.190. The molecule has 1 saturated heterocycles. The number of nitrogens with zero attached hydrogens (tertiary/aromatic N) is 2. The highest BCUT2D eigenvalue weighted by Gasteiger charge is 2.38. The van der Waals surface area contributed by atoms with E-state index in [0.29, 0.717) is 17.7 Å². The highest BCUT2D eigenvalue weighted by Crippen LogP contribution is 2.35. The topological polar surface area (TPSA) is 116 Å². The first-order chi connectivity index (χ1) is 14.8. The molecule has 0 amide bonds. The van der Waals surface area contributed by atoms with Gasteiger partial charge in [-0.3, -0.25) is 14.9 Å². The number of hydrogen-bond donors (Lipinski definition) is 0. The van der Waals surface area contributed by atoms with Gasteiger partial charge in [-0.25, -0.2) is 12.7 Å². The normalized spacial score (nSPS) is 21.3. The lowest BCUT2D eigenvalue weighted by Crippen LogP contribution is -2.29. The number of methoxy groups -OCH3 is 1. The monoisotopic (exact) mass is 442 g/mol. The summed E-state index contributed by atoms with van der Waals surface area (Å²) >= 11 is 0. The van der Waals surface area contributed by atoms with Crippen LogP contribution in [0.25, 0.3) is 0 Å². The van der Waals surface area contributed by atoms with Gasteiger partial charge in [0.15, 0.2) is 10.7 Å². The summed E-state index contributed by atoms with van der Waals surface area (Å²) in [7, 11) is -2.92. The molecule has 2 atom stereocenters. The number of anilines is 1. The maximum absolute atomic E-state index is 13.6. The van der Waals surface area contributed by atoms with Gasteiger partial charge in [-0.15, -0.1) is 0 Å². The zero-order valence-corrected chi connectivity index (χ0v) is 17.2. The lowest BCUT2D eigenvalue weighted by atomic mass is 10.1. The van der Waals surface area contributed by atoms with Crippen molar-refractivity contribution in [3.8, 4) is 5.75 Å². The Morgan fingerprint density at radius 3 is 2.58 bits per heavy atom. The van der Waals surface area contributed by atoms with Gasteiger partial charge in [0.1, 0.15) is 11.9 Å². The quantitative estimate of drug-likeness (QED) is 0.499. The van der Waals surface area contributed by atoms with Crippen LogP contribution in [0, 0.1) is 10.1 Å². The highest BCUT2D eigenvalue weighted by molar-refractivity contribution is 7.93. The molecule has 10 heteroatoms. The maximum atomic E-state index is 13.6. The molecule has 2 aromatic rings. The number of rotatable bonds is 6. The summed E-state index contributed by atoms with van der Waals surface area (Å²) in [5.74, 6) is 0.233. The van der Waals surface area contributed by atoms with Gasteiger partial charge in [-0.1, -0.05) is 18.2 Å². The smallest absolute Gasteiger partial charge is 0.289 e. The molecule has 0 aromatic heterocycles. The van der Waals surface area contributed by atoms with Gasteiger partial charge in [-0.05, 0) is 42.0 Å². The van der Waals surface area contributed by atoms with Crippen molar-refractivity contribution < 1.29 is 27.6 Å². The molecule has 1 fully saturated rings. The molecule has 0 aliphatic carbocycles. The molecular weight excluding hydrogens is 424 g/mol. The lowest BCUT2D eigenvalue weighted by molar-refractivity contribution is -0.387. The number of benzene rings is 2. The molecule has 2 aliphatic heterocycles. The highest BCUT2D eigenvalue weighted by atomic mass is 32.2. The van der Waals surface area contributed by atoms with Crippen LogP contribution >= 0.6 is 0 Å². The number of carbonyl (C=O) groups excluding carboxylic acids is 1. The summed E-state index contributed by atoms with van der Waals surface area (Å²) in [6, 6.07) is 11.3. The van der Waals surface area contributed by atoms with Crippen LogP contribution in [-0.4, -0.2) is 38.4 Å². The number of sulfonamides is 1. The Bertz CT molecular complexity index is 1200. The predicted octanol–water partition coefficient (Wildman–Crippen LogP) is 2.98. The number of para-hydroxylation sites is 1. The SMILES string of the molecule is COc1ccc(N(/C=C2\CC3C=CC(=O)C2O3)S(=O)(=O)c2ccccc2[N+](=O)[O-])cc1. The Morgan fingerprint density at radius 1 is 1.19 bits per heavy atom. The van der Waals surface area contributed by atoms with Gasteiger partial charge in [0.25, 0.3) is 15.7 Å². The largest absolute Gasteiger partial charge is 0.497 e. The standard InChI is InChI=1S/C21H18N2O7S/c1-29-16-8-6-15(7-9-16)22(13-14-12-17-10-11-19(24)21(14)30-17)31(27,28)20-5-3-2-4-18(20)23(25)26/h2-11,13,17,21H,12H2,1H3/b14-13+. The molecule has 2 unspecified atom stereocenters. The van der Waals surface area contributed by atoms with Crippen molar-refractivity contribution >= 4 is 27.2 Å². The van der Waals surface area contributed by atoms with Crippen LogP contribution in [-0.2, 0) is 19.6 Å². The third-order valence-electron chi connectivity index (χ3n) is 5.03. The number of carbonyl (C=O) groups is 1. The van der Waals surface area contributed by atoms with E-state index in [1.54, 1.807) is 18.2 Å². The third kappa shape index (κ3) is 3.82. The zero-order chi connectivity index (χ0) is 22.2. The van der Waals surface area contributed by atoms with Gasteiger partial charge in [0, 0.05) is 18.7 Å². The molecular formula is C21H18N2O7S. The summed E-state index contributed by atoms with van der Waals surface area (Å²) in [5.41, 5.74) is 0.157. The van der Waals surface area contributed by atoms with Crippen LogP contribution in [0.4, 0.5) is 11.4 Å². The van der Waals surface area contributed by atoms with Gasteiger partial charge in [0.2, 0.25) is 0 Å². The number of nitro benzene ring substituents is 1. The van der Waals surface area contributed by atoms with Crippen LogP contribution < -0.4 is 9.04 Å². The number of ether oxygens (including phenoxy) is 2. The molecule has 4 rings (SSSR count). The Kier molecular flexibility index (Phi) is 5.34. The van der Waals surface area contributed by atoms with Crippen molar-refractivity contribution in [1.82, 2.24) is 0 Å². The first-order valence-electron chi connectivity index (χ1n) is 9.31. The molecule has 0 radical (unpaired) electrons. The third-order valence-corrected chi connectivity index (χ3v) is 6.76. The Labute approximate surface area is 178 Å². The van der Waals surface area contributed by atoms with Crippen molar-refractivity contribution in [3.63, 3.8) is 0 Å². The molecule has 9 nitrogen and oxygen atoms in total. The van der Waals surface area contributed by atoms with E-state index in [1.165, 1.54) is 49.7 Å². The van der Waals surface area contributed by atoms with Crippen molar-refractivity contribution in [3.05, 3.63) is 82.6 Å². The summed E-state index contributed by atoms with van der Waals surface area (Å²) < 4.78 is 38.9. The van der Waals surface area contributed by atoms with Gasteiger partial charge < -0.3 is 9.47 Å². The summed E-state index contributed by atoms with van der Waals surface area (Å²) in [6.45, 7) is 0. The van der Waals surface area contributed by atoms with Crippen molar-refractivity contribution in [2.45, 2.75) is 23.5 Å². The van der Waals surface area contributed by atoms with E-state index in [1.807, 2.05) is 0 Å². The van der Waals surface area contributed by atoms with Crippen molar-refractivity contribution in [1.29, 1.82) is 0 Å². The molecule has 2 bridgehead atoms. The Balaban J connectivity index is 1.86. The summed E-state index contributed by atoms with van der Waals surface area (Å²) in [4.78, 5) is 22.5. The van der Waals surface area contributed by atoms with Crippen molar-refractivity contribution in [2.75, 3.05) is 11.4 Å². The summed E-state index contributed by atoms with van der Waals surface area (Å²) in [6.07, 6.45) is 3.52. The maximum Gasteiger partial charge on any atom is 0.289 e. The van der Waals surface area contributed by atoms with Gasteiger partial charge in [-0.2, -0.15) is 0 Å². The van der Waals surface area contributed by atoms with E-state index in [-0.39, 0.29) is 17.6 Å². The average molecular weight is 442 g/mol. The lowest BCUT2D eigenvalue weighted by Gasteiger charge is -2.22. The second-order valence-electron chi connectivity index (χ2n) is 6.95. The number of fused-ring (bicyclic) bond motifs is 2. The van der Waals surface area contributed by atoms with Crippen LogP contribution in [0.1, 0.15) is 6.42 Å². The van der Waals surface area contributed by atoms with Crippen LogP contribution in [0.15, 0.2) is 77.4 Å². The van der Waals surface area contributed by atoms with E-state index < -0.39 is 31.6 Å². The predicted molar refractivity (Wildman–Crippen MR) is 111 cm³/mol. The first kappa shape index (κ1) is 20.8. The van der Waals surface area contributed by atoms with Gasteiger partial charge >= 0.3 is 0 Å². The number of nitro groups is 1. The summed E-state index contributed by atoms with van der Waals surface area (Å²) in [5, 5.41) is 11.5. The molecule has 0 saturated carbocycles. The molecule has 0 spiro atoms. The van der Waals surface area contributed by atoms with Crippen molar-refractivity contribution in [2.24, 2.45) is 0 Å². The fourth-order valence-corrected chi connectivity index (χ4v) is 5.06. The van der Waals surface area contributed by atoms with E-state index >= 15 is 0 Å². The molecule has 2 aliphatic rings. The minimum absolute atomic E-state index is 0.230. The van der Waals surface area contributed by atoms with E-state index in [2.05, 4.69) is 0 Å². The van der Waals surface area contributed by atoms with Crippen LogP contribution in [0.2, 0.25) is 0 Å². The minimum atomic E-state index is -4.40. The van der Waals surface area contributed by atoms with E-state index in [4.69, 9.17) is 9.47 Å². The second kappa shape index (κ2) is 7.97. The molecule has 2 aromatic carbocycles. The minimum Gasteiger partial charge on any atom is -0.497 e. The van der Waals surface area contributed by atoms with E-state index in [9.17, 15) is 23.3 Å². The number of hydrogen-bond acceptors (Lipinski definition) is 7. The van der Waals surface area contributed by atoms with Gasteiger partial charge in [0.05, 0.1) is 23.8 Å². The molecule has 160 valence electrons. The molecule has 2 heterocycles. The second-order valence-corrected chi connectivity index (χ2v) is 8.73. The first-order valence-corrected chi connectivity index (χ1v) is 10.8. The van der Waals surface area contributed by atoms with Crippen LogP contribution in [0.5, 0.6) is 5.75 Å².